The van der Waals surface area contributed by atoms with Gasteiger partial charge in [0.05, 0.1) is 5.60 Å². The Hall–Kier alpha value is -0.343. The van der Waals surface area contributed by atoms with E-state index in [9.17, 15) is 0 Å². The molecule has 14 heavy (non-hydrogen) atoms. The summed E-state index contributed by atoms with van der Waals surface area (Å²) >= 11 is 0. The van der Waals surface area contributed by atoms with Gasteiger partial charge in [0, 0.05) is 5.41 Å². The minimum Gasteiger partial charge on any atom is -0.411 e. The summed E-state index contributed by atoms with van der Waals surface area (Å²) in [5.74, 6) is 0. The molecule has 0 aromatic rings. The lowest BCUT2D eigenvalue weighted by Crippen LogP contribution is -2.55. The molecule has 0 radical (unpaired) electrons. The Morgan fingerprint density at radius 3 is 2.07 bits per heavy atom. The van der Waals surface area contributed by atoms with Crippen molar-refractivity contribution in [1.29, 1.82) is 0 Å². The second kappa shape index (κ2) is 3.35. The first-order chi connectivity index (χ1) is 6.29. The normalized spacial score (nSPS) is 28.0. The van der Waals surface area contributed by atoms with Gasteiger partial charge in [0.15, 0.2) is 8.32 Å². The summed E-state index contributed by atoms with van der Waals surface area (Å²) in [6.07, 6.45) is 5.14. The molecule has 0 N–H and O–H groups in total. The molecule has 1 fully saturated rings. The summed E-state index contributed by atoms with van der Waals surface area (Å²) in [7, 11) is -1.44. The second-order valence-electron chi connectivity index (χ2n) is 5.32. The first-order valence-electron chi connectivity index (χ1n) is 5.26. The molecule has 0 atom stereocenters. The van der Waals surface area contributed by atoms with Crippen LogP contribution in [0.5, 0.6) is 0 Å². The van der Waals surface area contributed by atoms with Crippen molar-refractivity contribution >= 4 is 8.32 Å². The molecule has 2 heteroatoms. The maximum atomic E-state index is 6.26. The summed E-state index contributed by atoms with van der Waals surface area (Å²) in [5.41, 5.74) is -0.194. The van der Waals surface area contributed by atoms with E-state index in [2.05, 4.69) is 40.1 Å². The van der Waals surface area contributed by atoms with E-state index in [-0.39, 0.29) is 11.0 Å². The van der Waals surface area contributed by atoms with E-state index < -0.39 is 8.32 Å². The number of hydrogen-bond donors (Lipinski definition) is 0. The third-order valence-corrected chi connectivity index (χ3v) is 6.04. The molecule has 1 nitrogen and oxygen atoms in total. The predicted octanol–water partition coefficient (Wildman–Crippen LogP) is 3.75. The van der Waals surface area contributed by atoms with Crippen LogP contribution in [0.15, 0.2) is 25.3 Å². The van der Waals surface area contributed by atoms with Crippen molar-refractivity contribution in [3.63, 3.8) is 0 Å². The van der Waals surface area contributed by atoms with Crippen LogP contribution in [0.1, 0.15) is 20.3 Å². The molecule has 0 aromatic heterocycles. The van der Waals surface area contributed by atoms with E-state index in [1.165, 1.54) is 6.04 Å². The van der Waals surface area contributed by atoms with E-state index in [1.807, 2.05) is 12.2 Å². The van der Waals surface area contributed by atoms with E-state index in [0.717, 1.165) is 6.42 Å². The van der Waals surface area contributed by atoms with Gasteiger partial charge in [-0.3, -0.25) is 0 Å². The molecule has 0 spiro atoms. The first-order valence-corrected chi connectivity index (χ1v) is 8.37. The quantitative estimate of drug-likeness (QED) is 0.498. The summed E-state index contributed by atoms with van der Waals surface area (Å²) in [6.45, 7) is 16.7. The van der Waals surface area contributed by atoms with Crippen molar-refractivity contribution in [2.75, 3.05) is 0 Å². The fourth-order valence-electron chi connectivity index (χ4n) is 2.42. The van der Waals surface area contributed by atoms with Crippen LogP contribution >= 0.6 is 0 Å². The highest BCUT2D eigenvalue weighted by Gasteiger charge is 2.49. The van der Waals surface area contributed by atoms with Gasteiger partial charge in [0.25, 0.3) is 0 Å². The standard InChI is InChI=1S/C12H22OSi/c1-7-12(8-2)9-10-14(5,6)13-11(12,3)4/h7-8H,1-2,9-10H2,3-6H3. The Morgan fingerprint density at radius 2 is 1.71 bits per heavy atom. The van der Waals surface area contributed by atoms with Crippen LogP contribution in [0.3, 0.4) is 0 Å². The van der Waals surface area contributed by atoms with Crippen molar-refractivity contribution in [2.24, 2.45) is 5.41 Å². The second-order valence-corrected chi connectivity index (χ2v) is 9.54. The van der Waals surface area contributed by atoms with E-state index in [1.54, 1.807) is 0 Å². The van der Waals surface area contributed by atoms with Crippen molar-refractivity contribution < 1.29 is 4.43 Å². The van der Waals surface area contributed by atoms with Crippen LogP contribution in [0.25, 0.3) is 0 Å². The van der Waals surface area contributed by atoms with Crippen LogP contribution in [0, 0.1) is 5.41 Å². The molecule has 80 valence electrons. The lowest BCUT2D eigenvalue weighted by Gasteiger charge is -2.52. The van der Waals surface area contributed by atoms with Gasteiger partial charge in [0.2, 0.25) is 0 Å². The molecule has 0 unspecified atom stereocenters. The molecule has 1 saturated heterocycles. The SMILES string of the molecule is C=CC1(C=C)CC[Si](C)(C)OC1(C)C. The highest BCUT2D eigenvalue weighted by molar-refractivity contribution is 6.71. The van der Waals surface area contributed by atoms with Crippen molar-refractivity contribution in [3.05, 3.63) is 25.3 Å². The van der Waals surface area contributed by atoms with Crippen molar-refractivity contribution in [1.82, 2.24) is 0 Å². The minimum atomic E-state index is -1.44. The summed E-state index contributed by atoms with van der Waals surface area (Å²) in [6, 6.07) is 1.19. The summed E-state index contributed by atoms with van der Waals surface area (Å²) < 4.78 is 6.26. The largest absolute Gasteiger partial charge is 0.411 e. The van der Waals surface area contributed by atoms with Crippen molar-refractivity contribution in [3.8, 4) is 0 Å². The van der Waals surface area contributed by atoms with Crippen LogP contribution in [0.2, 0.25) is 19.1 Å². The summed E-state index contributed by atoms with van der Waals surface area (Å²) in [5, 5.41) is 0. The molecule has 1 rings (SSSR count). The number of hydrogen-bond acceptors (Lipinski definition) is 1. The van der Waals surface area contributed by atoms with E-state index in [0.29, 0.717) is 0 Å². The molecular weight excluding hydrogens is 188 g/mol. The fraction of sp³-hybridized carbons (Fsp3) is 0.667. The molecular formula is C12H22OSi. The smallest absolute Gasteiger partial charge is 0.187 e. The third kappa shape index (κ3) is 1.73. The average Bonchev–Trinajstić information content (AvgIpc) is 2.03. The van der Waals surface area contributed by atoms with Gasteiger partial charge in [-0.1, -0.05) is 12.2 Å². The fourth-order valence-corrected chi connectivity index (χ4v) is 5.11. The molecule has 0 amide bonds. The molecule has 0 saturated carbocycles. The predicted molar refractivity (Wildman–Crippen MR) is 64.9 cm³/mol. The van der Waals surface area contributed by atoms with Crippen LogP contribution < -0.4 is 0 Å². The third-order valence-electron chi connectivity index (χ3n) is 3.52. The highest BCUT2D eigenvalue weighted by Crippen LogP contribution is 2.48. The van der Waals surface area contributed by atoms with Gasteiger partial charge in [-0.05, 0) is 39.4 Å². The van der Waals surface area contributed by atoms with Gasteiger partial charge in [-0.15, -0.1) is 13.2 Å². The Balaban J connectivity index is 3.03. The molecule has 1 heterocycles. The Kier molecular flexibility index (Phi) is 2.81. The molecule has 1 aliphatic heterocycles. The first kappa shape index (κ1) is 11.7. The van der Waals surface area contributed by atoms with Crippen molar-refractivity contribution in [2.45, 2.75) is 45.0 Å². The molecule has 0 aliphatic carbocycles. The minimum absolute atomic E-state index is 0.0461. The Labute approximate surface area is 89.0 Å². The zero-order valence-electron chi connectivity index (χ0n) is 9.89. The van der Waals surface area contributed by atoms with Gasteiger partial charge in [-0.2, -0.15) is 0 Å². The molecule has 1 aliphatic rings. The van der Waals surface area contributed by atoms with Gasteiger partial charge >= 0.3 is 0 Å². The lowest BCUT2D eigenvalue weighted by molar-refractivity contribution is -0.00444. The average molecular weight is 210 g/mol. The highest BCUT2D eigenvalue weighted by atomic mass is 28.4. The van der Waals surface area contributed by atoms with E-state index >= 15 is 0 Å². The molecule has 0 aromatic carbocycles. The Bertz CT molecular complexity index is 245. The van der Waals surface area contributed by atoms with Crippen LogP contribution in [-0.4, -0.2) is 13.9 Å². The van der Waals surface area contributed by atoms with Gasteiger partial charge in [0.1, 0.15) is 0 Å². The maximum absolute atomic E-state index is 6.26. The van der Waals surface area contributed by atoms with Gasteiger partial charge in [-0.25, -0.2) is 0 Å². The topological polar surface area (TPSA) is 9.23 Å². The number of rotatable bonds is 2. The van der Waals surface area contributed by atoms with Gasteiger partial charge < -0.3 is 4.43 Å². The van der Waals surface area contributed by atoms with E-state index in [4.69, 9.17) is 4.43 Å². The zero-order valence-corrected chi connectivity index (χ0v) is 10.9. The lowest BCUT2D eigenvalue weighted by atomic mass is 9.72. The van der Waals surface area contributed by atoms with Crippen LogP contribution in [-0.2, 0) is 4.43 Å². The molecule has 0 bridgehead atoms. The maximum Gasteiger partial charge on any atom is 0.187 e. The summed E-state index contributed by atoms with van der Waals surface area (Å²) in [4.78, 5) is 0. The Morgan fingerprint density at radius 1 is 1.21 bits per heavy atom. The zero-order chi connectivity index (χ0) is 11.0. The van der Waals surface area contributed by atoms with Crippen LogP contribution in [0.4, 0.5) is 0 Å². The monoisotopic (exact) mass is 210 g/mol.